The van der Waals surface area contributed by atoms with Crippen molar-refractivity contribution in [3.8, 4) is 0 Å². The molecule has 0 amide bonds. The van der Waals surface area contributed by atoms with Gasteiger partial charge in [0.05, 0.1) is 0 Å². The summed E-state index contributed by atoms with van der Waals surface area (Å²) >= 11 is 0. The van der Waals surface area contributed by atoms with E-state index in [1.165, 1.54) is 19.4 Å². The van der Waals surface area contributed by atoms with Crippen LogP contribution in [0.3, 0.4) is 0 Å². The Bertz CT molecular complexity index is 146. The Kier molecular flexibility index (Phi) is 14.0. The maximum absolute atomic E-state index is 3.21. The van der Waals surface area contributed by atoms with Gasteiger partial charge in [-0.1, -0.05) is 34.6 Å². The van der Waals surface area contributed by atoms with Crippen LogP contribution in [0.25, 0.3) is 0 Å². The Morgan fingerprint density at radius 3 is 1.94 bits per heavy atom. The van der Waals surface area contributed by atoms with Gasteiger partial charge in [-0.05, 0) is 58.8 Å². The van der Waals surface area contributed by atoms with E-state index in [0.29, 0.717) is 6.04 Å². The molecule has 0 rings (SSSR count). The summed E-state index contributed by atoms with van der Waals surface area (Å²) in [4.78, 5) is 2.48. The van der Waals surface area contributed by atoms with E-state index in [1.54, 1.807) is 0 Å². The molecule has 0 aromatic rings. The zero-order chi connectivity index (χ0) is 13.8. The standard InChI is InChI=1S/C13H30N2.C2H6/c1-11(2)12(3)8-10-15(6)13(4)7-9-14-5;1-2/h11-14H,7-10H2,1-6H3;1-2H3. The third-order valence-electron chi connectivity index (χ3n) is 3.64. The van der Waals surface area contributed by atoms with Gasteiger partial charge in [-0.3, -0.25) is 0 Å². The fourth-order valence-corrected chi connectivity index (χ4v) is 1.53. The topological polar surface area (TPSA) is 15.3 Å². The first-order chi connectivity index (χ1) is 7.99. The average Bonchev–Trinajstić information content (AvgIpc) is 2.34. The summed E-state index contributed by atoms with van der Waals surface area (Å²) in [6.07, 6.45) is 2.56. The van der Waals surface area contributed by atoms with E-state index in [2.05, 4.69) is 45.0 Å². The number of hydrogen-bond acceptors (Lipinski definition) is 2. The third-order valence-corrected chi connectivity index (χ3v) is 3.64. The minimum absolute atomic E-state index is 0.691. The van der Waals surface area contributed by atoms with Gasteiger partial charge in [-0.2, -0.15) is 0 Å². The summed E-state index contributed by atoms with van der Waals surface area (Å²) in [5.41, 5.74) is 0. The molecule has 2 heteroatoms. The van der Waals surface area contributed by atoms with Crippen LogP contribution in [0, 0.1) is 11.8 Å². The van der Waals surface area contributed by atoms with Crippen LogP contribution in [0.4, 0.5) is 0 Å². The Hall–Kier alpha value is -0.0800. The Labute approximate surface area is 110 Å². The van der Waals surface area contributed by atoms with E-state index in [-0.39, 0.29) is 0 Å². The fourth-order valence-electron chi connectivity index (χ4n) is 1.53. The lowest BCUT2D eigenvalue weighted by atomic mass is 9.94. The largest absolute Gasteiger partial charge is 0.320 e. The van der Waals surface area contributed by atoms with Crippen molar-refractivity contribution in [2.75, 3.05) is 27.2 Å². The molecule has 0 aromatic carbocycles. The van der Waals surface area contributed by atoms with Gasteiger partial charge in [0.2, 0.25) is 0 Å². The molecule has 2 nitrogen and oxygen atoms in total. The van der Waals surface area contributed by atoms with Crippen molar-refractivity contribution in [1.29, 1.82) is 0 Å². The first kappa shape index (κ1) is 19.3. The van der Waals surface area contributed by atoms with Gasteiger partial charge in [0.15, 0.2) is 0 Å². The zero-order valence-corrected chi connectivity index (χ0v) is 13.5. The van der Waals surface area contributed by atoms with Gasteiger partial charge < -0.3 is 10.2 Å². The van der Waals surface area contributed by atoms with Gasteiger partial charge in [0, 0.05) is 6.04 Å². The second-order valence-corrected chi connectivity index (χ2v) is 5.23. The summed E-state index contributed by atoms with van der Waals surface area (Å²) in [6, 6.07) is 0.691. The molecular formula is C15H36N2. The van der Waals surface area contributed by atoms with E-state index in [4.69, 9.17) is 0 Å². The van der Waals surface area contributed by atoms with Crippen LogP contribution in [-0.2, 0) is 0 Å². The summed E-state index contributed by atoms with van der Waals surface area (Å²) in [5.74, 6) is 1.65. The van der Waals surface area contributed by atoms with Crippen molar-refractivity contribution >= 4 is 0 Å². The second kappa shape index (κ2) is 12.4. The van der Waals surface area contributed by atoms with Crippen molar-refractivity contribution in [2.45, 2.75) is 60.4 Å². The smallest absolute Gasteiger partial charge is 0.00759 e. The number of nitrogens with one attached hydrogen (secondary N) is 1. The predicted molar refractivity (Wildman–Crippen MR) is 80.6 cm³/mol. The van der Waals surface area contributed by atoms with Crippen LogP contribution in [0.15, 0.2) is 0 Å². The SMILES string of the molecule is CC.CNCCC(C)N(C)CCC(C)C(C)C. The van der Waals surface area contributed by atoms with E-state index in [0.717, 1.165) is 18.4 Å². The predicted octanol–water partition coefficient (Wildman–Crippen LogP) is 3.62. The lowest BCUT2D eigenvalue weighted by molar-refractivity contribution is 0.219. The Morgan fingerprint density at radius 2 is 1.53 bits per heavy atom. The maximum Gasteiger partial charge on any atom is 0.00759 e. The van der Waals surface area contributed by atoms with Gasteiger partial charge in [-0.15, -0.1) is 0 Å². The van der Waals surface area contributed by atoms with Crippen LogP contribution >= 0.6 is 0 Å². The highest BCUT2D eigenvalue weighted by atomic mass is 15.1. The minimum Gasteiger partial charge on any atom is -0.320 e. The quantitative estimate of drug-likeness (QED) is 0.701. The molecule has 0 aliphatic rings. The second-order valence-electron chi connectivity index (χ2n) is 5.23. The van der Waals surface area contributed by atoms with Crippen LogP contribution in [-0.4, -0.2) is 38.1 Å². The van der Waals surface area contributed by atoms with Gasteiger partial charge in [0.25, 0.3) is 0 Å². The molecule has 0 saturated carbocycles. The Balaban J connectivity index is 0. The fraction of sp³-hybridized carbons (Fsp3) is 1.00. The molecule has 0 fully saturated rings. The van der Waals surface area contributed by atoms with Crippen LogP contribution in [0.2, 0.25) is 0 Å². The van der Waals surface area contributed by atoms with Crippen molar-refractivity contribution in [3.63, 3.8) is 0 Å². The molecule has 0 aromatic heterocycles. The number of rotatable bonds is 8. The summed E-state index contributed by atoms with van der Waals surface area (Å²) in [5, 5.41) is 3.21. The lowest BCUT2D eigenvalue weighted by Crippen LogP contribution is -2.33. The third kappa shape index (κ3) is 10.8. The van der Waals surface area contributed by atoms with Crippen LogP contribution < -0.4 is 5.32 Å². The molecule has 0 aliphatic carbocycles. The molecule has 0 aliphatic heterocycles. The Morgan fingerprint density at radius 1 is 1.00 bits per heavy atom. The summed E-state index contributed by atoms with van der Waals surface area (Å²) in [6.45, 7) is 15.6. The van der Waals surface area contributed by atoms with E-state index < -0.39 is 0 Å². The first-order valence-electron chi connectivity index (χ1n) is 7.33. The molecule has 2 unspecified atom stereocenters. The lowest BCUT2D eigenvalue weighted by Gasteiger charge is -2.26. The first-order valence-corrected chi connectivity index (χ1v) is 7.33. The molecule has 106 valence electrons. The van der Waals surface area contributed by atoms with Gasteiger partial charge in [-0.25, -0.2) is 0 Å². The molecule has 0 saturated heterocycles. The molecule has 0 heterocycles. The highest BCUT2D eigenvalue weighted by Crippen LogP contribution is 2.15. The van der Waals surface area contributed by atoms with Gasteiger partial charge >= 0.3 is 0 Å². The van der Waals surface area contributed by atoms with Crippen molar-refractivity contribution < 1.29 is 0 Å². The monoisotopic (exact) mass is 244 g/mol. The van der Waals surface area contributed by atoms with E-state index in [1.807, 2.05) is 20.9 Å². The molecular weight excluding hydrogens is 208 g/mol. The van der Waals surface area contributed by atoms with Crippen molar-refractivity contribution in [1.82, 2.24) is 10.2 Å². The highest BCUT2D eigenvalue weighted by Gasteiger charge is 2.11. The summed E-state index contributed by atoms with van der Waals surface area (Å²) < 4.78 is 0. The van der Waals surface area contributed by atoms with Crippen molar-refractivity contribution in [3.05, 3.63) is 0 Å². The minimum atomic E-state index is 0.691. The van der Waals surface area contributed by atoms with Crippen LogP contribution in [0.5, 0.6) is 0 Å². The van der Waals surface area contributed by atoms with E-state index in [9.17, 15) is 0 Å². The molecule has 17 heavy (non-hydrogen) atoms. The normalized spacial score (nSPS) is 14.5. The number of hydrogen-bond donors (Lipinski definition) is 1. The molecule has 0 radical (unpaired) electrons. The molecule has 0 spiro atoms. The van der Waals surface area contributed by atoms with Gasteiger partial charge in [0.1, 0.15) is 0 Å². The van der Waals surface area contributed by atoms with E-state index >= 15 is 0 Å². The molecule has 0 bridgehead atoms. The average molecular weight is 244 g/mol. The highest BCUT2D eigenvalue weighted by molar-refractivity contribution is 4.66. The molecule has 1 N–H and O–H groups in total. The summed E-state index contributed by atoms with van der Waals surface area (Å²) in [7, 11) is 4.26. The number of nitrogens with zero attached hydrogens (tertiary/aromatic N) is 1. The van der Waals surface area contributed by atoms with Crippen LogP contribution in [0.1, 0.15) is 54.4 Å². The maximum atomic E-state index is 3.21. The molecule has 2 atom stereocenters. The van der Waals surface area contributed by atoms with Crippen molar-refractivity contribution in [2.24, 2.45) is 11.8 Å². The zero-order valence-electron chi connectivity index (χ0n) is 13.5.